The summed E-state index contributed by atoms with van der Waals surface area (Å²) in [5.74, 6) is 1.06. The third-order valence-corrected chi connectivity index (χ3v) is 3.90. The smallest absolute Gasteiger partial charge is 0.149 e. The van der Waals surface area contributed by atoms with Crippen molar-refractivity contribution in [3.05, 3.63) is 29.9 Å². The maximum absolute atomic E-state index is 5.76. The molecule has 0 aromatic carbocycles. The van der Waals surface area contributed by atoms with Crippen LogP contribution in [0, 0.1) is 5.41 Å². The molecule has 4 heteroatoms. The quantitative estimate of drug-likeness (QED) is 0.885. The van der Waals surface area contributed by atoms with Crippen LogP contribution in [0.15, 0.2) is 29.9 Å². The van der Waals surface area contributed by atoms with Gasteiger partial charge in [-0.15, -0.1) is 11.3 Å². The van der Waals surface area contributed by atoms with Gasteiger partial charge in [0.25, 0.3) is 0 Å². The Balaban J connectivity index is 2.10. The third-order valence-electron chi connectivity index (χ3n) is 3.04. The molecule has 0 aliphatic rings. The van der Waals surface area contributed by atoms with Gasteiger partial charge < -0.3 is 10.3 Å². The first-order valence-electron chi connectivity index (χ1n) is 5.87. The first-order chi connectivity index (χ1) is 8.12. The van der Waals surface area contributed by atoms with Crippen LogP contribution in [0.1, 0.15) is 20.3 Å². The molecule has 0 aliphatic carbocycles. The highest BCUT2D eigenvalue weighted by molar-refractivity contribution is 7.13. The van der Waals surface area contributed by atoms with Crippen molar-refractivity contribution in [3.63, 3.8) is 0 Å². The summed E-state index contributed by atoms with van der Waals surface area (Å²) < 4.78 is 2.21. The van der Waals surface area contributed by atoms with Crippen LogP contribution >= 0.6 is 11.3 Å². The van der Waals surface area contributed by atoms with E-state index in [9.17, 15) is 0 Å². The van der Waals surface area contributed by atoms with Crippen molar-refractivity contribution >= 4 is 11.3 Å². The maximum atomic E-state index is 5.76. The molecule has 2 rings (SSSR count). The van der Waals surface area contributed by atoms with Crippen molar-refractivity contribution in [1.29, 1.82) is 0 Å². The van der Waals surface area contributed by atoms with Crippen LogP contribution in [0.5, 0.6) is 0 Å². The van der Waals surface area contributed by atoms with Gasteiger partial charge in [0.15, 0.2) is 0 Å². The van der Waals surface area contributed by atoms with Crippen LogP contribution in [0.3, 0.4) is 0 Å². The number of nitrogens with two attached hydrogens (primary N) is 1. The Hall–Kier alpha value is -1.13. The van der Waals surface area contributed by atoms with Crippen LogP contribution in [0.25, 0.3) is 10.7 Å². The van der Waals surface area contributed by atoms with Crippen LogP contribution in [-0.4, -0.2) is 16.1 Å². The number of thiophene rings is 1. The average Bonchev–Trinajstić information content (AvgIpc) is 2.96. The standard InChI is InChI=1S/C13H19N3S/c1-13(2,10-14)5-7-16-8-6-15-12(16)11-4-3-9-17-11/h3-4,6,8-9H,5,7,10,14H2,1-2H3. The summed E-state index contributed by atoms with van der Waals surface area (Å²) in [5, 5.41) is 2.08. The fraction of sp³-hybridized carbons (Fsp3) is 0.462. The third kappa shape index (κ3) is 2.96. The Kier molecular flexibility index (Phi) is 3.64. The van der Waals surface area contributed by atoms with Gasteiger partial charge in [-0.05, 0) is 29.8 Å². The van der Waals surface area contributed by atoms with Crippen LogP contribution in [0.4, 0.5) is 0 Å². The molecule has 0 radical (unpaired) electrons. The molecule has 2 aromatic rings. The summed E-state index contributed by atoms with van der Waals surface area (Å²) in [4.78, 5) is 5.65. The van der Waals surface area contributed by atoms with Gasteiger partial charge in [0.2, 0.25) is 0 Å². The molecule has 0 fully saturated rings. The molecule has 0 spiro atoms. The number of rotatable bonds is 5. The molecule has 0 aliphatic heterocycles. The summed E-state index contributed by atoms with van der Waals surface area (Å²) in [6.07, 6.45) is 4.98. The molecule has 0 bridgehead atoms. The van der Waals surface area contributed by atoms with Gasteiger partial charge in [-0.25, -0.2) is 4.98 Å². The molecule has 0 atom stereocenters. The van der Waals surface area contributed by atoms with Crippen molar-refractivity contribution in [2.75, 3.05) is 6.54 Å². The topological polar surface area (TPSA) is 43.8 Å². The Morgan fingerprint density at radius 2 is 2.29 bits per heavy atom. The van der Waals surface area contributed by atoms with Gasteiger partial charge in [0.05, 0.1) is 4.88 Å². The van der Waals surface area contributed by atoms with E-state index in [4.69, 9.17) is 5.73 Å². The second-order valence-corrected chi connectivity index (χ2v) is 5.99. The Morgan fingerprint density at radius 3 is 2.94 bits per heavy atom. The van der Waals surface area contributed by atoms with Crippen molar-refractivity contribution in [1.82, 2.24) is 9.55 Å². The van der Waals surface area contributed by atoms with Crippen LogP contribution < -0.4 is 5.73 Å². The summed E-state index contributed by atoms with van der Waals surface area (Å²) in [6.45, 7) is 6.09. The lowest BCUT2D eigenvalue weighted by atomic mass is 9.90. The van der Waals surface area contributed by atoms with E-state index in [1.165, 1.54) is 4.88 Å². The molecule has 3 nitrogen and oxygen atoms in total. The lowest BCUT2D eigenvalue weighted by Crippen LogP contribution is -2.25. The normalized spacial score (nSPS) is 11.9. The zero-order valence-electron chi connectivity index (χ0n) is 10.4. The minimum absolute atomic E-state index is 0.191. The lowest BCUT2D eigenvalue weighted by Gasteiger charge is -2.22. The highest BCUT2D eigenvalue weighted by Crippen LogP contribution is 2.25. The van der Waals surface area contributed by atoms with E-state index in [1.54, 1.807) is 11.3 Å². The molecule has 0 unspecified atom stereocenters. The maximum Gasteiger partial charge on any atom is 0.149 e. The van der Waals surface area contributed by atoms with Crippen molar-refractivity contribution in [3.8, 4) is 10.7 Å². The van der Waals surface area contributed by atoms with Crippen molar-refractivity contribution in [2.24, 2.45) is 11.1 Å². The average molecular weight is 249 g/mol. The Labute approximate surface area is 106 Å². The lowest BCUT2D eigenvalue weighted by molar-refractivity contribution is 0.325. The van der Waals surface area contributed by atoms with Crippen molar-refractivity contribution < 1.29 is 0 Å². The zero-order valence-corrected chi connectivity index (χ0v) is 11.2. The summed E-state index contributed by atoms with van der Waals surface area (Å²) in [5.41, 5.74) is 5.95. The molecular formula is C13H19N3S. The Morgan fingerprint density at radius 1 is 1.47 bits per heavy atom. The van der Waals surface area contributed by atoms with E-state index < -0.39 is 0 Å². The monoisotopic (exact) mass is 249 g/mol. The van der Waals surface area contributed by atoms with Gasteiger partial charge in [-0.1, -0.05) is 19.9 Å². The minimum Gasteiger partial charge on any atom is -0.330 e. The summed E-state index contributed by atoms with van der Waals surface area (Å²) in [7, 11) is 0. The molecule has 0 saturated carbocycles. The largest absolute Gasteiger partial charge is 0.330 e. The molecular weight excluding hydrogens is 230 g/mol. The van der Waals surface area contributed by atoms with E-state index in [1.807, 2.05) is 12.4 Å². The molecule has 92 valence electrons. The zero-order chi connectivity index (χ0) is 12.3. The van der Waals surface area contributed by atoms with Gasteiger partial charge in [-0.3, -0.25) is 0 Å². The second kappa shape index (κ2) is 5.02. The van der Waals surface area contributed by atoms with Gasteiger partial charge in [0.1, 0.15) is 5.82 Å². The molecule has 0 amide bonds. The van der Waals surface area contributed by atoms with E-state index in [0.717, 1.165) is 25.3 Å². The van der Waals surface area contributed by atoms with E-state index in [2.05, 4.69) is 40.9 Å². The van der Waals surface area contributed by atoms with E-state index >= 15 is 0 Å². The first-order valence-corrected chi connectivity index (χ1v) is 6.75. The number of hydrogen-bond acceptors (Lipinski definition) is 3. The molecule has 0 saturated heterocycles. The van der Waals surface area contributed by atoms with Crippen LogP contribution in [0.2, 0.25) is 0 Å². The van der Waals surface area contributed by atoms with Gasteiger partial charge in [-0.2, -0.15) is 0 Å². The highest BCUT2D eigenvalue weighted by atomic mass is 32.1. The predicted molar refractivity (Wildman–Crippen MR) is 73.0 cm³/mol. The molecule has 2 N–H and O–H groups in total. The number of imidazole rings is 1. The van der Waals surface area contributed by atoms with Crippen LogP contribution in [-0.2, 0) is 6.54 Å². The fourth-order valence-corrected chi connectivity index (χ4v) is 2.38. The Bertz CT molecular complexity index is 457. The minimum atomic E-state index is 0.191. The molecule has 2 aromatic heterocycles. The van der Waals surface area contributed by atoms with Crippen molar-refractivity contribution in [2.45, 2.75) is 26.8 Å². The highest BCUT2D eigenvalue weighted by Gasteiger charge is 2.16. The number of hydrogen-bond donors (Lipinski definition) is 1. The molecule has 2 heterocycles. The van der Waals surface area contributed by atoms with E-state index in [-0.39, 0.29) is 5.41 Å². The van der Waals surface area contributed by atoms with Gasteiger partial charge in [0, 0.05) is 18.9 Å². The first kappa shape index (κ1) is 12.3. The summed E-state index contributed by atoms with van der Waals surface area (Å²) in [6, 6.07) is 4.17. The fourth-order valence-electron chi connectivity index (χ4n) is 1.65. The SMILES string of the molecule is CC(C)(CN)CCn1ccnc1-c1cccs1. The second-order valence-electron chi connectivity index (χ2n) is 5.04. The number of aromatic nitrogens is 2. The number of nitrogens with zero attached hydrogens (tertiary/aromatic N) is 2. The number of aryl methyl sites for hydroxylation is 1. The van der Waals surface area contributed by atoms with E-state index in [0.29, 0.717) is 0 Å². The van der Waals surface area contributed by atoms with Gasteiger partial charge >= 0.3 is 0 Å². The summed E-state index contributed by atoms with van der Waals surface area (Å²) >= 11 is 1.73. The molecule has 17 heavy (non-hydrogen) atoms. The predicted octanol–water partition coefficient (Wildman–Crippen LogP) is 2.99.